The molecule has 0 radical (unpaired) electrons. The molecule has 0 aliphatic rings. The van der Waals surface area contributed by atoms with E-state index in [1.165, 1.54) is 13.2 Å². The van der Waals surface area contributed by atoms with Gasteiger partial charge >= 0.3 is 5.97 Å². The predicted octanol–water partition coefficient (Wildman–Crippen LogP) is 4.20. The number of hydrogen-bond donors (Lipinski definition) is 2. The van der Waals surface area contributed by atoms with Crippen LogP contribution in [0.5, 0.6) is 0 Å². The van der Waals surface area contributed by atoms with E-state index in [2.05, 4.69) is 25.3 Å². The van der Waals surface area contributed by atoms with E-state index >= 15 is 0 Å². The van der Waals surface area contributed by atoms with E-state index in [1.807, 2.05) is 0 Å². The van der Waals surface area contributed by atoms with Gasteiger partial charge in [-0.1, -0.05) is 0 Å². The van der Waals surface area contributed by atoms with Crippen molar-refractivity contribution in [3.63, 3.8) is 0 Å². The zero-order chi connectivity index (χ0) is 18.5. The number of esters is 1. The molecule has 26 heavy (non-hydrogen) atoms. The molecule has 0 saturated heterocycles. The minimum absolute atomic E-state index is 0.254. The Labute approximate surface area is 150 Å². The van der Waals surface area contributed by atoms with Crippen molar-refractivity contribution in [3.05, 3.63) is 71.7 Å². The van der Waals surface area contributed by atoms with E-state index < -0.39 is 5.97 Å². The van der Waals surface area contributed by atoms with Crippen molar-refractivity contribution >= 4 is 29.1 Å². The molecule has 1 heterocycles. The van der Waals surface area contributed by atoms with Gasteiger partial charge in [-0.3, -0.25) is 0 Å². The third-order valence-electron chi connectivity index (χ3n) is 3.65. The molecule has 132 valence electrons. The molecule has 2 aromatic carbocycles. The SMILES string of the molecule is COC(=O)c1ccc(Nc2nccc(Nc3ccc(F)c(C)c3)n2)cc1. The maximum Gasteiger partial charge on any atom is 0.337 e. The molecular formula is C19H17FN4O2. The third kappa shape index (κ3) is 4.13. The van der Waals surface area contributed by atoms with Gasteiger partial charge in [-0.15, -0.1) is 0 Å². The summed E-state index contributed by atoms with van der Waals surface area (Å²) in [6, 6.07) is 13.2. The second kappa shape index (κ2) is 7.60. The van der Waals surface area contributed by atoms with E-state index in [-0.39, 0.29) is 5.82 Å². The number of carbonyl (C=O) groups is 1. The van der Waals surface area contributed by atoms with Crippen LogP contribution in [0.2, 0.25) is 0 Å². The van der Waals surface area contributed by atoms with Crippen molar-refractivity contribution in [1.82, 2.24) is 9.97 Å². The van der Waals surface area contributed by atoms with Crippen LogP contribution in [-0.2, 0) is 4.74 Å². The smallest absolute Gasteiger partial charge is 0.337 e. The van der Waals surface area contributed by atoms with Gasteiger partial charge in [0, 0.05) is 17.6 Å². The summed E-state index contributed by atoms with van der Waals surface area (Å²) < 4.78 is 18.0. The zero-order valence-corrected chi connectivity index (χ0v) is 14.3. The highest BCUT2D eigenvalue weighted by Crippen LogP contribution is 2.20. The summed E-state index contributed by atoms with van der Waals surface area (Å²) in [5.41, 5.74) is 2.47. The summed E-state index contributed by atoms with van der Waals surface area (Å²) in [4.78, 5) is 20.0. The zero-order valence-electron chi connectivity index (χ0n) is 14.3. The summed E-state index contributed by atoms with van der Waals surface area (Å²) in [7, 11) is 1.34. The van der Waals surface area contributed by atoms with Gasteiger partial charge in [-0.25, -0.2) is 14.2 Å². The summed E-state index contributed by atoms with van der Waals surface area (Å²) in [5, 5.41) is 6.17. The summed E-state index contributed by atoms with van der Waals surface area (Å²) >= 11 is 0. The highest BCUT2D eigenvalue weighted by atomic mass is 19.1. The maximum absolute atomic E-state index is 13.4. The summed E-state index contributed by atoms with van der Waals surface area (Å²) in [5.74, 6) is 0.309. The topological polar surface area (TPSA) is 76.1 Å². The Hall–Kier alpha value is -3.48. The number of ether oxygens (including phenoxy) is 1. The number of nitrogens with zero attached hydrogens (tertiary/aromatic N) is 2. The van der Waals surface area contributed by atoms with Crippen LogP contribution >= 0.6 is 0 Å². The molecule has 1 aromatic heterocycles. The first kappa shape index (κ1) is 17.3. The van der Waals surface area contributed by atoms with Gasteiger partial charge < -0.3 is 15.4 Å². The van der Waals surface area contributed by atoms with Gasteiger partial charge in [0.2, 0.25) is 5.95 Å². The first-order valence-corrected chi connectivity index (χ1v) is 7.87. The molecule has 0 spiro atoms. The molecule has 0 aliphatic carbocycles. The number of aromatic nitrogens is 2. The molecule has 0 amide bonds. The average molecular weight is 352 g/mol. The van der Waals surface area contributed by atoms with Crippen LogP contribution in [0.25, 0.3) is 0 Å². The average Bonchev–Trinajstić information content (AvgIpc) is 2.65. The van der Waals surface area contributed by atoms with Crippen molar-refractivity contribution in [1.29, 1.82) is 0 Å². The lowest BCUT2D eigenvalue weighted by atomic mass is 10.2. The van der Waals surface area contributed by atoms with Gasteiger partial charge in [0.25, 0.3) is 0 Å². The fourth-order valence-electron chi connectivity index (χ4n) is 2.30. The number of rotatable bonds is 5. The minimum atomic E-state index is -0.395. The number of halogens is 1. The Balaban J connectivity index is 1.72. The van der Waals surface area contributed by atoms with Crippen LogP contribution in [0.1, 0.15) is 15.9 Å². The van der Waals surface area contributed by atoms with E-state index in [1.54, 1.807) is 55.6 Å². The van der Waals surface area contributed by atoms with Crippen LogP contribution in [0.3, 0.4) is 0 Å². The highest BCUT2D eigenvalue weighted by Gasteiger charge is 2.06. The Kier molecular flexibility index (Phi) is 5.07. The fraction of sp³-hybridized carbons (Fsp3) is 0.105. The molecule has 0 fully saturated rings. The van der Waals surface area contributed by atoms with Gasteiger partial charge in [0.05, 0.1) is 12.7 Å². The number of methoxy groups -OCH3 is 1. The van der Waals surface area contributed by atoms with E-state index in [4.69, 9.17) is 0 Å². The van der Waals surface area contributed by atoms with Crippen molar-refractivity contribution in [2.45, 2.75) is 6.92 Å². The summed E-state index contributed by atoms with van der Waals surface area (Å²) in [6.45, 7) is 1.70. The van der Waals surface area contributed by atoms with Crippen LogP contribution in [0.4, 0.5) is 27.5 Å². The Morgan fingerprint density at radius 2 is 1.77 bits per heavy atom. The lowest BCUT2D eigenvalue weighted by Crippen LogP contribution is -2.02. The molecule has 2 N–H and O–H groups in total. The lowest BCUT2D eigenvalue weighted by molar-refractivity contribution is 0.0601. The lowest BCUT2D eigenvalue weighted by Gasteiger charge is -2.09. The number of aryl methyl sites for hydroxylation is 1. The van der Waals surface area contributed by atoms with Crippen molar-refractivity contribution in [2.75, 3.05) is 17.7 Å². The highest BCUT2D eigenvalue weighted by molar-refractivity contribution is 5.89. The molecular weight excluding hydrogens is 335 g/mol. The molecule has 0 saturated carbocycles. The normalized spacial score (nSPS) is 10.3. The molecule has 7 heteroatoms. The van der Waals surface area contributed by atoms with Gasteiger partial charge in [-0.2, -0.15) is 4.98 Å². The van der Waals surface area contributed by atoms with E-state index in [9.17, 15) is 9.18 Å². The van der Waals surface area contributed by atoms with E-state index in [0.29, 0.717) is 22.9 Å². The number of hydrogen-bond acceptors (Lipinski definition) is 6. The van der Waals surface area contributed by atoms with Crippen LogP contribution in [0, 0.1) is 12.7 Å². The van der Waals surface area contributed by atoms with Crippen LogP contribution in [0.15, 0.2) is 54.7 Å². The van der Waals surface area contributed by atoms with Crippen LogP contribution in [-0.4, -0.2) is 23.0 Å². The molecule has 3 rings (SSSR count). The maximum atomic E-state index is 13.4. The van der Waals surface area contributed by atoms with Gasteiger partial charge in [0.15, 0.2) is 0 Å². The van der Waals surface area contributed by atoms with Gasteiger partial charge in [0.1, 0.15) is 11.6 Å². The Bertz CT molecular complexity index is 929. The largest absolute Gasteiger partial charge is 0.465 e. The molecule has 3 aromatic rings. The summed E-state index contributed by atoms with van der Waals surface area (Å²) in [6.07, 6.45) is 1.61. The molecule has 0 aliphatic heterocycles. The Morgan fingerprint density at radius 1 is 1.04 bits per heavy atom. The fourth-order valence-corrected chi connectivity index (χ4v) is 2.30. The van der Waals surface area contributed by atoms with E-state index in [0.717, 1.165) is 11.4 Å². The second-order valence-corrected chi connectivity index (χ2v) is 5.55. The number of anilines is 4. The first-order valence-electron chi connectivity index (χ1n) is 7.87. The van der Waals surface area contributed by atoms with Crippen molar-refractivity contribution < 1.29 is 13.9 Å². The van der Waals surface area contributed by atoms with Crippen molar-refractivity contribution in [2.24, 2.45) is 0 Å². The molecule has 0 bridgehead atoms. The molecule has 6 nitrogen and oxygen atoms in total. The molecule has 0 unspecified atom stereocenters. The quantitative estimate of drug-likeness (QED) is 0.670. The van der Waals surface area contributed by atoms with Gasteiger partial charge in [-0.05, 0) is 61.0 Å². The first-order chi connectivity index (χ1) is 12.5. The minimum Gasteiger partial charge on any atom is -0.465 e. The number of carbonyl (C=O) groups excluding carboxylic acids is 1. The third-order valence-corrected chi connectivity index (χ3v) is 3.65. The standard InChI is InChI=1S/C19H17FN4O2/c1-12-11-15(7-8-16(12)20)22-17-9-10-21-19(24-17)23-14-5-3-13(4-6-14)18(25)26-2/h3-11H,1-2H3,(H2,21,22,23,24). The Morgan fingerprint density at radius 3 is 2.46 bits per heavy atom. The number of nitrogens with one attached hydrogen (secondary N) is 2. The molecule has 0 atom stereocenters. The van der Waals surface area contributed by atoms with Crippen molar-refractivity contribution in [3.8, 4) is 0 Å². The second-order valence-electron chi connectivity index (χ2n) is 5.55. The predicted molar refractivity (Wildman–Crippen MR) is 97.5 cm³/mol. The van der Waals surface area contributed by atoms with Crippen LogP contribution < -0.4 is 10.6 Å². The number of benzene rings is 2. The monoisotopic (exact) mass is 352 g/mol.